The lowest BCUT2D eigenvalue weighted by molar-refractivity contribution is -0.131. The van der Waals surface area contributed by atoms with Crippen LogP contribution in [0.5, 0.6) is 5.75 Å². The number of ether oxygens (including phenoxy) is 1. The molecule has 0 fully saturated rings. The number of hydrogen-bond donors (Lipinski definition) is 1. The summed E-state index contributed by atoms with van der Waals surface area (Å²) in [7, 11) is -4.07. The first-order valence-electron chi connectivity index (χ1n) is 13.8. The van der Waals surface area contributed by atoms with Gasteiger partial charge in [-0.05, 0) is 64.1 Å². The number of carbonyl (C=O) groups excluding carboxylic acids is 1. The molecule has 0 radical (unpaired) electrons. The summed E-state index contributed by atoms with van der Waals surface area (Å²) < 4.78 is 49.0. The van der Waals surface area contributed by atoms with Crippen LogP contribution in [0.25, 0.3) is 0 Å². The van der Waals surface area contributed by atoms with Gasteiger partial charge in [0, 0.05) is 37.5 Å². The molecule has 5 rings (SSSR count). The normalized spacial score (nSPS) is 13.1. The molecule has 0 aliphatic carbocycles. The number of fused-ring (bicyclic) bond motifs is 1. The van der Waals surface area contributed by atoms with Crippen molar-refractivity contribution >= 4 is 21.6 Å². The fraction of sp³-hybridized carbons (Fsp3) is 0.273. The van der Waals surface area contributed by atoms with Crippen molar-refractivity contribution in [2.45, 2.75) is 57.0 Å². The van der Waals surface area contributed by atoms with Crippen molar-refractivity contribution < 1.29 is 22.3 Å². The fourth-order valence-corrected chi connectivity index (χ4v) is 5.93. The minimum absolute atomic E-state index is 0.00315. The lowest BCUT2D eigenvalue weighted by Gasteiger charge is -2.19. The fourth-order valence-electron chi connectivity index (χ4n) is 4.81. The summed E-state index contributed by atoms with van der Waals surface area (Å²) >= 11 is 0. The molecule has 1 aliphatic heterocycles. The molecule has 0 atom stereocenters. The Morgan fingerprint density at radius 2 is 1.74 bits per heavy atom. The maximum Gasteiger partial charge on any atom is 0.261 e. The van der Waals surface area contributed by atoms with Crippen LogP contribution in [0.15, 0.2) is 90.0 Å². The number of nitrogens with one attached hydrogen (secondary N) is 1. The maximum absolute atomic E-state index is 14.8. The summed E-state index contributed by atoms with van der Waals surface area (Å²) in [6, 6.07) is 22.4. The Kier molecular flexibility index (Phi) is 8.31. The van der Waals surface area contributed by atoms with Crippen molar-refractivity contribution in [2.75, 3.05) is 11.3 Å². The molecule has 1 N–H and O–H groups in total. The van der Waals surface area contributed by atoms with Gasteiger partial charge >= 0.3 is 0 Å². The summed E-state index contributed by atoms with van der Waals surface area (Å²) in [6.45, 7) is 7.47. The van der Waals surface area contributed by atoms with Gasteiger partial charge in [-0.25, -0.2) is 12.8 Å². The van der Waals surface area contributed by atoms with E-state index in [-0.39, 0.29) is 28.3 Å². The van der Waals surface area contributed by atoms with E-state index in [4.69, 9.17) is 4.74 Å². The number of nitrogens with zero attached hydrogens (tertiary/aromatic N) is 2. The van der Waals surface area contributed by atoms with Gasteiger partial charge < -0.3 is 9.64 Å². The number of anilines is 1. The van der Waals surface area contributed by atoms with Crippen molar-refractivity contribution in [3.05, 3.63) is 119 Å². The van der Waals surface area contributed by atoms with E-state index < -0.39 is 15.8 Å². The highest BCUT2D eigenvalue weighted by atomic mass is 32.2. The van der Waals surface area contributed by atoms with Crippen LogP contribution in [0, 0.1) is 5.82 Å². The first kappa shape index (κ1) is 29.3. The van der Waals surface area contributed by atoms with Gasteiger partial charge in [0.25, 0.3) is 10.0 Å². The third-order valence-electron chi connectivity index (χ3n) is 7.28. The topological polar surface area (TPSA) is 88.6 Å². The Morgan fingerprint density at radius 1 is 0.976 bits per heavy atom. The molecule has 4 aromatic rings. The van der Waals surface area contributed by atoms with E-state index in [1.807, 2.05) is 30.3 Å². The van der Waals surface area contributed by atoms with Gasteiger partial charge in [-0.1, -0.05) is 57.2 Å². The maximum atomic E-state index is 14.8. The average molecular weight is 588 g/mol. The molecule has 1 aliphatic rings. The standard InChI is InChI=1S/C33H34FN3O4S/c1-33(2,3)26-10-7-23(8-11-26)18-32(38)37-21-24-9-13-29(19-25(24)22-37)42(39,40)36-31-14-12-28(20-30(31)34)41-17-15-27-6-4-5-16-35-27/h4-14,16,19-20,36H,15,17-18,21-22H2,1-3H3. The number of carbonyl (C=O) groups is 1. The van der Waals surface area contributed by atoms with Gasteiger partial charge in [-0.2, -0.15) is 0 Å². The lowest BCUT2D eigenvalue weighted by atomic mass is 9.86. The van der Waals surface area contributed by atoms with Crippen molar-refractivity contribution in [1.82, 2.24) is 9.88 Å². The van der Waals surface area contributed by atoms with Crippen LogP contribution >= 0.6 is 0 Å². The van der Waals surface area contributed by atoms with Crippen LogP contribution < -0.4 is 9.46 Å². The first-order chi connectivity index (χ1) is 20.0. The minimum Gasteiger partial charge on any atom is -0.493 e. The van der Waals surface area contributed by atoms with E-state index in [0.717, 1.165) is 28.5 Å². The van der Waals surface area contributed by atoms with E-state index in [1.54, 1.807) is 23.2 Å². The molecule has 2 heterocycles. The van der Waals surface area contributed by atoms with Crippen LogP contribution in [-0.2, 0) is 46.2 Å². The molecule has 1 amide bonds. The van der Waals surface area contributed by atoms with Gasteiger partial charge in [0.15, 0.2) is 5.82 Å². The molecule has 9 heteroatoms. The smallest absolute Gasteiger partial charge is 0.261 e. The molecule has 0 saturated carbocycles. The molecule has 3 aromatic carbocycles. The quantitative estimate of drug-likeness (QED) is 0.259. The van der Waals surface area contributed by atoms with Crippen LogP contribution in [-0.4, -0.2) is 30.8 Å². The average Bonchev–Trinajstić information content (AvgIpc) is 3.39. The molecule has 7 nitrogen and oxygen atoms in total. The summed E-state index contributed by atoms with van der Waals surface area (Å²) in [5, 5.41) is 0. The Balaban J connectivity index is 1.19. The molecule has 0 saturated heterocycles. The number of benzene rings is 3. The zero-order chi connectivity index (χ0) is 29.9. The van der Waals surface area contributed by atoms with Gasteiger partial charge in [-0.3, -0.25) is 14.5 Å². The summed E-state index contributed by atoms with van der Waals surface area (Å²) in [5.41, 5.74) is 4.50. The SMILES string of the molecule is CC(C)(C)c1ccc(CC(=O)N2Cc3ccc(S(=O)(=O)Nc4ccc(OCCc5ccccn5)cc4F)cc3C2)cc1. The van der Waals surface area contributed by atoms with Gasteiger partial charge in [0.05, 0.1) is 23.6 Å². The third kappa shape index (κ3) is 6.97. The molecule has 218 valence electrons. The van der Waals surface area contributed by atoms with Crippen molar-refractivity contribution in [3.8, 4) is 5.75 Å². The molecule has 0 unspecified atom stereocenters. The lowest BCUT2D eigenvalue weighted by Crippen LogP contribution is -2.26. The highest BCUT2D eigenvalue weighted by molar-refractivity contribution is 7.92. The second-order valence-corrected chi connectivity index (χ2v) is 13.2. The van der Waals surface area contributed by atoms with Gasteiger partial charge in [0.1, 0.15) is 5.75 Å². The monoisotopic (exact) mass is 587 g/mol. The van der Waals surface area contributed by atoms with Crippen LogP contribution in [0.4, 0.5) is 10.1 Å². The number of sulfonamides is 1. The highest BCUT2D eigenvalue weighted by Gasteiger charge is 2.26. The second kappa shape index (κ2) is 11.9. The molecule has 0 bridgehead atoms. The Bertz CT molecular complexity index is 1690. The number of amides is 1. The summed E-state index contributed by atoms with van der Waals surface area (Å²) in [5.74, 6) is -0.483. The Morgan fingerprint density at radius 3 is 2.43 bits per heavy atom. The van der Waals surface area contributed by atoms with Gasteiger partial charge in [0.2, 0.25) is 5.91 Å². The third-order valence-corrected chi connectivity index (χ3v) is 8.64. The molecule has 42 heavy (non-hydrogen) atoms. The highest BCUT2D eigenvalue weighted by Crippen LogP contribution is 2.29. The van der Waals surface area contributed by atoms with Crippen molar-refractivity contribution in [2.24, 2.45) is 0 Å². The van der Waals surface area contributed by atoms with E-state index in [1.165, 1.54) is 23.8 Å². The van der Waals surface area contributed by atoms with E-state index in [9.17, 15) is 17.6 Å². The summed E-state index contributed by atoms with van der Waals surface area (Å²) in [6.07, 6.45) is 2.52. The molecule has 1 aromatic heterocycles. The van der Waals surface area contributed by atoms with E-state index in [0.29, 0.717) is 31.9 Å². The van der Waals surface area contributed by atoms with E-state index in [2.05, 4.69) is 42.6 Å². The second-order valence-electron chi connectivity index (χ2n) is 11.5. The predicted octanol–water partition coefficient (Wildman–Crippen LogP) is 6.03. The zero-order valence-corrected chi connectivity index (χ0v) is 24.7. The predicted molar refractivity (Wildman–Crippen MR) is 160 cm³/mol. The number of hydrogen-bond acceptors (Lipinski definition) is 5. The van der Waals surface area contributed by atoms with Crippen molar-refractivity contribution in [3.63, 3.8) is 0 Å². The zero-order valence-electron chi connectivity index (χ0n) is 23.9. The van der Waals surface area contributed by atoms with E-state index >= 15 is 0 Å². The van der Waals surface area contributed by atoms with Crippen LogP contribution in [0.2, 0.25) is 0 Å². The minimum atomic E-state index is -4.07. The molecule has 0 spiro atoms. The van der Waals surface area contributed by atoms with Crippen LogP contribution in [0.1, 0.15) is 48.7 Å². The number of rotatable bonds is 9. The Hall–Kier alpha value is -4.24. The van der Waals surface area contributed by atoms with Crippen LogP contribution in [0.3, 0.4) is 0 Å². The number of halogens is 1. The largest absolute Gasteiger partial charge is 0.493 e. The number of aromatic nitrogens is 1. The molecular weight excluding hydrogens is 553 g/mol. The first-order valence-corrected chi connectivity index (χ1v) is 15.3. The summed E-state index contributed by atoms with van der Waals surface area (Å²) in [4.78, 5) is 19.0. The Labute approximate surface area is 246 Å². The molecular formula is C33H34FN3O4S. The number of pyridine rings is 1. The van der Waals surface area contributed by atoms with Gasteiger partial charge in [-0.15, -0.1) is 0 Å². The van der Waals surface area contributed by atoms with Crippen molar-refractivity contribution in [1.29, 1.82) is 0 Å².